The summed E-state index contributed by atoms with van der Waals surface area (Å²) in [7, 11) is 1.58. The van der Waals surface area contributed by atoms with Crippen molar-refractivity contribution in [3.63, 3.8) is 0 Å². The summed E-state index contributed by atoms with van der Waals surface area (Å²) in [5.41, 5.74) is 6.61. The third-order valence-electron chi connectivity index (χ3n) is 4.08. The molecule has 1 aromatic carbocycles. The third kappa shape index (κ3) is 3.42. The van der Waals surface area contributed by atoms with Gasteiger partial charge in [-0.05, 0) is 31.5 Å². The van der Waals surface area contributed by atoms with Gasteiger partial charge < -0.3 is 21.1 Å². The average molecular weight is 277 g/mol. The molecule has 20 heavy (non-hydrogen) atoms. The number of hydrogen-bond donors (Lipinski definition) is 3. The third-order valence-corrected chi connectivity index (χ3v) is 4.08. The van der Waals surface area contributed by atoms with Gasteiger partial charge in [-0.3, -0.25) is 0 Å². The van der Waals surface area contributed by atoms with Crippen molar-refractivity contribution in [2.75, 3.05) is 25.5 Å². The first-order valence-electron chi connectivity index (χ1n) is 7.07. The Morgan fingerprint density at radius 1 is 1.35 bits per heavy atom. The molecule has 0 bridgehead atoms. The maximum Gasteiger partial charge on any atom is 0.319 e. The highest BCUT2D eigenvalue weighted by Crippen LogP contribution is 2.36. The topological polar surface area (TPSA) is 76.4 Å². The van der Waals surface area contributed by atoms with Crippen LogP contribution in [0.3, 0.4) is 0 Å². The normalized spacial score (nSPS) is 16.7. The molecule has 0 aliphatic heterocycles. The second-order valence-corrected chi connectivity index (χ2v) is 5.42. The van der Waals surface area contributed by atoms with E-state index in [-0.39, 0.29) is 11.4 Å². The van der Waals surface area contributed by atoms with Gasteiger partial charge in [0.1, 0.15) is 5.75 Å². The van der Waals surface area contributed by atoms with Crippen molar-refractivity contribution in [2.45, 2.75) is 25.7 Å². The molecular weight excluding hydrogens is 254 g/mol. The second kappa shape index (κ2) is 6.61. The van der Waals surface area contributed by atoms with Crippen LogP contribution < -0.4 is 21.1 Å². The highest BCUT2D eigenvalue weighted by Gasteiger charge is 2.32. The minimum absolute atomic E-state index is 0.0815. The van der Waals surface area contributed by atoms with Crippen LogP contribution in [0.4, 0.5) is 10.5 Å². The maximum absolute atomic E-state index is 12.0. The van der Waals surface area contributed by atoms with Crippen LogP contribution in [0.25, 0.3) is 0 Å². The summed E-state index contributed by atoms with van der Waals surface area (Å²) in [6.07, 6.45) is 4.59. The minimum Gasteiger partial charge on any atom is -0.495 e. The zero-order valence-corrected chi connectivity index (χ0v) is 11.9. The molecule has 2 amide bonds. The van der Waals surface area contributed by atoms with Gasteiger partial charge in [-0.2, -0.15) is 0 Å². The Labute approximate surface area is 119 Å². The summed E-state index contributed by atoms with van der Waals surface area (Å²) in [4.78, 5) is 12.0. The summed E-state index contributed by atoms with van der Waals surface area (Å²) in [6, 6.07) is 7.13. The molecule has 110 valence electrons. The number of nitrogens with two attached hydrogens (primary N) is 1. The van der Waals surface area contributed by atoms with Crippen LogP contribution in [0.5, 0.6) is 5.75 Å². The number of methoxy groups -OCH3 is 1. The molecule has 1 aliphatic carbocycles. The number of hydrogen-bond acceptors (Lipinski definition) is 3. The van der Waals surface area contributed by atoms with Crippen molar-refractivity contribution in [1.29, 1.82) is 0 Å². The highest BCUT2D eigenvalue weighted by atomic mass is 16.5. The Morgan fingerprint density at radius 2 is 2.05 bits per heavy atom. The number of anilines is 1. The highest BCUT2D eigenvalue weighted by molar-refractivity contribution is 5.90. The number of ether oxygens (including phenoxy) is 1. The standard InChI is InChI=1S/C15H23N3O2/c1-20-13-7-3-2-6-12(13)18-14(19)17-11-15(10-16)8-4-5-9-15/h2-3,6-7H,4-5,8-11,16H2,1H3,(H2,17,18,19). The zero-order chi connectivity index (χ0) is 14.4. The molecule has 1 fully saturated rings. The fourth-order valence-electron chi connectivity index (χ4n) is 2.76. The average Bonchev–Trinajstić information content (AvgIpc) is 2.95. The molecule has 0 saturated heterocycles. The molecule has 0 atom stereocenters. The molecule has 4 N–H and O–H groups in total. The van der Waals surface area contributed by atoms with Crippen LogP contribution in [0, 0.1) is 5.41 Å². The Kier molecular flexibility index (Phi) is 4.84. The van der Waals surface area contributed by atoms with Gasteiger partial charge in [-0.25, -0.2) is 4.79 Å². The summed E-state index contributed by atoms with van der Waals surface area (Å²) < 4.78 is 5.20. The number of carbonyl (C=O) groups is 1. The van der Waals surface area contributed by atoms with Crippen molar-refractivity contribution in [3.8, 4) is 5.75 Å². The van der Waals surface area contributed by atoms with Crippen LogP contribution in [0.1, 0.15) is 25.7 Å². The van der Waals surface area contributed by atoms with Gasteiger partial charge in [0.2, 0.25) is 0 Å². The van der Waals surface area contributed by atoms with Gasteiger partial charge in [0.25, 0.3) is 0 Å². The molecule has 1 aromatic rings. The van der Waals surface area contributed by atoms with Gasteiger partial charge in [0.05, 0.1) is 12.8 Å². The van der Waals surface area contributed by atoms with Crippen molar-refractivity contribution in [2.24, 2.45) is 11.1 Å². The molecule has 1 saturated carbocycles. The van der Waals surface area contributed by atoms with E-state index < -0.39 is 0 Å². The van der Waals surface area contributed by atoms with Crippen molar-refractivity contribution in [1.82, 2.24) is 5.32 Å². The van der Waals surface area contributed by atoms with Crippen molar-refractivity contribution < 1.29 is 9.53 Å². The number of para-hydroxylation sites is 2. The SMILES string of the molecule is COc1ccccc1NC(=O)NCC1(CN)CCCC1. The number of rotatable bonds is 5. The molecule has 5 nitrogen and oxygen atoms in total. The number of urea groups is 1. The molecule has 1 aliphatic rings. The van der Waals surface area contributed by atoms with E-state index in [2.05, 4.69) is 10.6 Å². The summed E-state index contributed by atoms with van der Waals surface area (Å²) >= 11 is 0. The molecule has 0 unspecified atom stereocenters. The predicted octanol–water partition coefficient (Wildman–Crippen LogP) is 2.34. The molecule has 0 heterocycles. The van der Waals surface area contributed by atoms with Gasteiger partial charge in [-0.15, -0.1) is 0 Å². The van der Waals surface area contributed by atoms with Gasteiger partial charge >= 0.3 is 6.03 Å². The van der Waals surface area contributed by atoms with E-state index in [4.69, 9.17) is 10.5 Å². The minimum atomic E-state index is -0.214. The zero-order valence-electron chi connectivity index (χ0n) is 11.9. The quantitative estimate of drug-likeness (QED) is 0.773. The first kappa shape index (κ1) is 14.7. The summed E-state index contributed by atoms with van der Waals surface area (Å²) in [6.45, 7) is 1.26. The molecule has 0 spiro atoms. The van der Waals surface area contributed by atoms with Crippen LogP contribution in [-0.2, 0) is 0 Å². The monoisotopic (exact) mass is 277 g/mol. The van der Waals surface area contributed by atoms with E-state index in [1.54, 1.807) is 7.11 Å². The van der Waals surface area contributed by atoms with Crippen LogP contribution in [0.15, 0.2) is 24.3 Å². The number of nitrogens with one attached hydrogen (secondary N) is 2. The lowest BCUT2D eigenvalue weighted by Gasteiger charge is -2.27. The van der Waals surface area contributed by atoms with Crippen LogP contribution in [-0.4, -0.2) is 26.2 Å². The maximum atomic E-state index is 12.0. The Hall–Kier alpha value is -1.75. The number of amides is 2. The lowest BCUT2D eigenvalue weighted by molar-refractivity contribution is 0.239. The summed E-state index contributed by atoms with van der Waals surface area (Å²) in [5, 5.41) is 5.74. The second-order valence-electron chi connectivity index (χ2n) is 5.42. The lowest BCUT2D eigenvalue weighted by Crippen LogP contribution is -2.42. The van der Waals surface area contributed by atoms with Crippen LogP contribution >= 0.6 is 0 Å². The molecule has 5 heteroatoms. The number of carbonyl (C=O) groups excluding carboxylic acids is 1. The van der Waals surface area contributed by atoms with E-state index in [9.17, 15) is 4.79 Å². The van der Waals surface area contributed by atoms with Gasteiger partial charge in [0.15, 0.2) is 0 Å². The molecule has 0 aromatic heterocycles. The largest absolute Gasteiger partial charge is 0.495 e. The van der Waals surface area contributed by atoms with E-state index in [0.29, 0.717) is 24.5 Å². The van der Waals surface area contributed by atoms with E-state index in [1.165, 1.54) is 12.8 Å². The fourth-order valence-corrected chi connectivity index (χ4v) is 2.76. The predicted molar refractivity (Wildman–Crippen MR) is 80.0 cm³/mol. The fraction of sp³-hybridized carbons (Fsp3) is 0.533. The Morgan fingerprint density at radius 3 is 2.70 bits per heavy atom. The number of benzene rings is 1. The molecule has 2 rings (SSSR count). The van der Waals surface area contributed by atoms with Gasteiger partial charge in [-0.1, -0.05) is 25.0 Å². The van der Waals surface area contributed by atoms with Crippen molar-refractivity contribution in [3.05, 3.63) is 24.3 Å². The smallest absolute Gasteiger partial charge is 0.319 e. The van der Waals surface area contributed by atoms with E-state index in [0.717, 1.165) is 12.8 Å². The Balaban J connectivity index is 1.89. The summed E-state index contributed by atoms with van der Waals surface area (Å²) in [5.74, 6) is 0.650. The van der Waals surface area contributed by atoms with E-state index >= 15 is 0 Å². The van der Waals surface area contributed by atoms with Crippen LogP contribution in [0.2, 0.25) is 0 Å². The molecular formula is C15H23N3O2. The first-order valence-corrected chi connectivity index (χ1v) is 7.07. The first-order chi connectivity index (χ1) is 9.69. The molecule has 0 radical (unpaired) electrons. The lowest BCUT2D eigenvalue weighted by atomic mass is 9.86. The van der Waals surface area contributed by atoms with Gasteiger partial charge in [0, 0.05) is 12.0 Å². The Bertz CT molecular complexity index is 456. The van der Waals surface area contributed by atoms with Crippen molar-refractivity contribution >= 4 is 11.7 Å². The van der Waals surface area contributed by atoms with E-state index in [1.807, 2.05) is 24.3 Å².